The lowest BCUT2D eigenvalue weighted by molar-refractivity contribution is 0.539. The Labute approximate surface area is 163 Å². The van der Waals surface area contributed by atoms with Gasteiger partial charge in [0.05, 0.1) is 11.4 Å². The molecule has 1 aliphatic heterocycles. The monoisotopic (exact) mass is 407 g/mol. The second-order valence-corrected chi connectivity index (χ2v) is 8.82. The van der Waals surface area contributed by atoms with E-state index in [2.05, 4.69) is 15.0 Å². The molecule has 11 heteroatoms. The summed E-state index contributed by atoms with van der Waals surface area (Å²) in [7, 11) is -0.183. The summed E-state index contributed by atoms with van der Waals surface area (Å²) in [6, 6.07) is 6.59. The van der Waals surface area contributed by atoms with E-state index in [4.69, 9.17) is 5.41 Å². The van der Waals surface area contributed by atoms with Crippen LogP contribution in [-0.4, -0.2) is 67.1 Å². The van der Waals surface area contributed by atoms with Crippen LogP contribution in [0.25, 0.3) is 0 Å². The summed E-state index contributed by atoms with van der Waals surface area (Å²) in [4.78, 5) is 16.4. The van der Waals surface area contributed by atoms with E-state index in [0.29, 0.717) is 17.6 Å². The van der Waals surface area contributed by atoms with Crippen molar-refractivity contribution in [3.8, 4) is 0 Å². The highest BCUT2D eigenvalue weighted by Gasteiger charge is 2.37. The van der Waals surface area contributed by atoms with Gasteiger partial charge in [-0.2, -0.15) is 15.0 Å². The number of guanidine groups is 1. The summed E-state index contributed by atoms with van der Waals surface area (Å²) in [6.45, 7) is 2.35. The number of anilines is 2. The van der Waals surface area contributed by atoms with Crippen LogP contribution < -0.4 is 9.80 Å². The van der Waals surface area contributed by atoms with E-state index >= 15 is 0 Å². The average Bonchev–Trinajstić information content (AvgIpc) is 3.03. The molecule has 1 aromatic carbocycles. The third kappa shape index (κ3) is 3.69. The van der Waals surface area contributed by atoms with Crippen LogP contribution in [-0.2, 0) is 10.0 Å². The summed E-state index contributed by atoms with van der Waals surface area (Å²) in [5.41, 5.74) is 0.970. The van der Waals surface area contributed by atoms with Crippen molar-refractivity contribution in [1.29, 1.82) is 5.41 Å². The molecule has 2 aromatic rings. The number of hydrogen-bond acceptors (Lipinski definition) is 8. The Kier molecular flexibility index (Phi) is 5.24. The highest BCUT2D eigenvalue weighted by Crippen LogP contribution is 2.25. The number of rotatable bonds is 5. The van der Waals surface area contributed by atoms with Gasteiger partial charge in [-0.15, -0.1) is 0 Å². The van der Waals surface area contributed by atoms with Gasteiger partial charge in [-0.05, 0) is 25.3 Å². The van der Waals surface area contributed by atoms with E-state index in [1.165, 1.54) is 16.7 Å². The predicted octanol–water partition coefficient (Wildman–Crippen LogP) is 1.41. The molecule has 0 bridgehead atoms. The average molecular weight is 408 g/mol. The molecule has 0 aliphatic carbocycles. The van der Waals surface area contributed by atoms with Gasteiger partial charge in [0.25, 0.3) is 10.0 Å². The number of aryl methyl sites for hydroxylation is 1. The molecule has 9 nitrogen and oxygen atoms in total. The fraction of sp³-hybridized carbons (Fsp3) is 0.375. The lowest BCUT2D eigenvalue weighted by Crippen LogP contribution is -2.37. The number of nitrogens with one attached hydrogen (secondary N) is 1. The van der Waals surface area contributed by atoms with Gasteiger partial charge in [0.2, 0.25) is 17.9 Å². The molecule has 0 amide bonds. The molecule has 3 rings (SSSR count). The molecule has 144 valence electrons. The number of sulfonamides is 1. The fourth-order valence-electron chi connectivity index (χ4n) is 2.55. The van der Waals surface area contributed by atoms with Crippen LogP contribution in [0.5, 0.6) is 0 Å². The normalized spacial score (nSPS) is 14.7. The first kappa shape index (κ1) is 19.4. The molecule has 0 unspecified atom stereocenters. The molecule has 0 saturated carbocycles. The number of benzene rings is 1. The lowest BCUT2D eigenvalue weighted by Gasteiger charge is -2.21. The molecule has 1 N–H and O–H groups in total. The first-order chi connectivity index (χ1) is 12.7. The van der Waals surface area contributed by atoms with Gasteiger partial charge in [0.1, 0.15) is 0 Å². The largest absolute Gasteiger partial charge is 0.347 e. The molecule has 27 heavy (non-hydrogen) atoms. The second-order valence-electron chi connectivity index (χ2n) is 6.18. The Bertz CT molecular complexity index is 961. The number of thioether (sulfide) groups is 1. The topological polar surface area (TPSA) is 106 Å². The third-order valence-corrected chi connectivity index (χ3v) is 6.39. The highest BCUT2D eigenvalue weighted by atomic mass is 32.2. The summed E-state index contributed by atoms with van der Waals surface area (Å²) < 4.78 is 26.9. The molecule has 1 aromatic heterocycles. The van der Waals surface area contributed by atoms with Crippen molar-refractivity contribution >= 4 is 39.6 Å². The first-order valence-corrected chi connectivity index (χ1v) is 10.8. The molecule has 1 fully saturated rings. The Balaban J connectivity index is 1.93. The molecule has 0 atom stereocenters. The molecular formula is C16H21N7O2S2. The SMILES string of the molecule is CSc1nc(N(C)C)nc(N2CCN(S(=O)(=O)c3ccc(C)cc3)C2=N)n1. The van der Waals surface area contributed by atoms with Crippen molar-refractivity contribution < 1.29 is 8.42 Å². The van der Waals surface area contributed by atoms with E-state index in [1.807, 2.05) is 27.3 Å². The molecule has 0 radical (unpaired) electrons. The Morgan fingerprint density at radius 2 is 1.78 bits per heavy atom. The van der Waals surface area contributed by atoms with Gasteiger partial charge in [-0.3, -0.25) is 10.3 Å². The lowest BCUT2D eigenvalue weighted by atomic mass is 10.2. The Morgan fingerprint density at radius 1 is 1.11 bits per heavy atom. The summed E-state index contributed by atoms with van der Waals surface area (Å²) in [6.07, 6.45) is 1.85. The van der Waals surface area contributed by atoms with Gasteiger partial charge in [0.15, 0.2) is 5.16 Å². The van der Waals surface area contributed by atoms with Gasteiger partial charge in [-0.1, -0.05) is 29.5 Å². The minimum Gasteiger partial charge on any atom is -0.347 e. The van der Waals surface area contributed by atoms with Crippen molar-refractivity contribution in [2.45, 2.75) is 17.0 Å². The molecular weight excluding hydrogens is 386 g/mol. The van der Waals surface area contributed by atoms with Crippen LogP contribution in [0.3, 0.4) is 0 Å². The third-order valence-electron chi connectivity index (χ3n) is 4.04. The smallest absolute Gasteiger partial charge is 0.266 e. The van der Waals surface area contributed by atoms with Crippen LogP contribution in [0.1, 0.15) is 5.56 Å². The molecule has 1 aliphatic rings. The van der Waals surface area contributed by atoms with Gasteiger partial charge in [0, 0.05) is 20.6 Å². The van der Waals surface area contributed by atoms with Crippen LogP contribution >= 0.6 is 11.8 Å². The maximum absolute atomic E-state index is 12.9. The minimum absolute atomic E-state index is 0.159. The molecule has 0 spiro atoms. The van der Waals surface area contributed by atoms with Gasteiger partial charge < -0.3 is 4.90 Å². The Morgan fingerprint density at radius 3 is 2.37 bits per heavy atom. The highest BCUT2D eigenvalue weighted by molar-refractivity contribution is 7.98. The summed E-state index contributed by atoms with van der Waals surface area (Å²) in [5, 5.41) is 8.92. The van der Waals surface area contributed by atoms with E-state index in [1.54, 1.807) is 29.2 Å². The molecule has 2 heterocycles. The minimum atomic E-state index is -3.81. The van der Waals surface area contributed by atoms with Gasteiger partial charge in [-0.25, -0.2) is 12.7 Å². The van der Waals surface area contributed by atoms with E-state index in [0.717, 1.165) is 9.87 Å². The van der Waals surface area contributed by atoms with Crippen molar-refractivity contribution in [1.82, 2.24) is 19.3 Å². The zero-order chi connectivity index (χ0) is 19.8. The van der Waals surface area contributed by atoms with E-state index in [9.17, 15) is 8.42 Å². The van der Waals surface area contributed by atoms with Gasteiger partial charge >= 0.3 is 0 Å². The number of nitrogens with zero attached hydrogens (tertiary/aromatic N) is 6. The summed E-state index contributed by atoms with van der Waals surface area (Å²) >= 11 is 1.36. The van der Waals surface area contributed by atoms with E-state index in [-0.39, 0.29) is 23.3 Å². The number of hydrogen-bond donors (Lipinski definition) is 1. The summed E-state index contributed by atoms with van der Waals surface area (Å²) in [5.74, 6) is 0.556. The van der Waals surface area contributed by atoms with Crippen LogP contribution in [0.4, 0.5) is 11.9 Å². The zero-order valence-electron chi connectivity index (χ0n) is 15.5. The van der Waals surface area contributed by atoms with Crippen molar-refractivity contribution in [3.05, 3.63) is 29.8 Å². The van der Waals surface area contributed by atoms with Crippen LogP contribution in [0.2, 0.25) is 0 Å². The predicted molar refractivity (Wildman–Crippen MR) is 106 cm³/mol. The maximum atomic E-state index is 12.9. The number of aromatic nitrogens is 3. The molecule has 1 saturated heterocycles. The fourth-order valence-corrected chi connectivity index (χ4v) is 4.28. The van der Waals surface area contributed by atoms with Crippen molar-refractivity contribution in [3.63, 3.8) is 0 Å². The Hall–Kier alpha value is -2.40. The first-order valence-electron chi connectivity index (χ1n) is 8.17. The van der Waals surface area contributed by atoms with Crippen LogP contribution in [0, 0.1) is 12.3 Å². The van der Waals surface area contributed by atoms with Crippen LogP contribution in [0.15, 0.2) is 34.3 Å². The zero-order valence-corrected chi connectivity index (χ0v) is 17.2. The van der Waals surface area contributed by atoms with Crippen molar-refractivity contribution in [2.75, 3.05) is 43.2 Å². The van der Waals surface area contributed by atoms with Crippen molar-refractivity contribution in [2.24, 2.45) is 0 Å². The quantitative estimate of drug-likeness (QED) is 0.742. The maximum Gasteiger partial charge on any atom is 0.266 e. The standard InChI is InChI=1S/C16H21N7O2S2/c1-11-5-7-12(8-6-11)27(24,25)23-10-9-22(13(23)17)15-18-14(21(2)3)19-16(20-15)26-4/h5-8,17H,9-10H2,1-4H3. The second kappa shape index (κ2) is 7.31. The van der Waals surface area contributed by atoms with E-state index < -0.39 is 10.0 Å².